The molecule has 3 aromatic rings. The Morgan fingerprint density at radius 3 is 2.61 bits per heavy atom. The normalized spacial score (nSPS) is 13.0. The third-order valence-corrected chi connectivity index (χ3v) is 5.04. The first-order chi connectivity index (χ1) is 11.2. The van der Waals surface area contributed by atoms with Crippen LogP contribution in [0, 0.1) is 5.41 Å². The number of nitrogen functional groups attached to an aromatic ring is 1. The maximum absolute atomic E-state index is 8.78. The summed E-state index contributed by atoms with van der Waals surface area (Å²) < 4.78 is 0. The molecule has 23 heavy (non-hydrogen) atoms. The van der Waals surface area contributed by atoms with E-state index >= 15 is 0 Å². The first kappa shape index (κ1) is 15.4. The standard InChI is InChI=1S/C10H11N3S.C7H7NO/c11-9-8-6-3-1-2-4-7(6)14-10(8)13-5-12-9;8-5-6-1-3-7(9)4-2-6/h5H,1-4H2,(H2,11,12,13);1-5,8-9H. The van der Waals surface area contributed by atoms with Gasteiger partial charge >= 0.3 is 0 Å². The number of nitrogens with zero attached hydrogens (tertiary/aromatic N) is 2. The molecule has 0 fully saturated rings. The lowest BCUT2D eigenvalue weighted by atomic mass is 9.97. The van der Waals surface area contributed by atoms with Crippen LogP contribution in [0.15, 0.2) is 30.6 Å². The van der Waals surface area contributed by atoms with Crippen LogP contribution in [0.3, 0.4) is 0 Å². The molecule has 4 rings (SSSR count). The highest BCUT2D eigenvalue weighted by Gasteiger charge is 2.18. The van der Waals surface area contributed by atoms with E-state index in [-0.39, 0.29) is 5.75 Å². The van der Waals surface area contributed by atoms with Crippen LogP contribution in [0.5, 0.6) is 5.75 Å². The first-order valence-electron chi connectivity index (χ1n) is 7.49. The van der Waals surface area contributed by atoms with Crippen molar-refractivity contribution < 1.29 is 5.11 Å². The Balaban J connectivity index is 0.000000151. The van der Waals surface area contributed by atoms with Crippen molar-refractivity contribution in [2.24, 2.45) is 0 Å². The summed E-state index contributed by atoms with van der Waals surface area (Å²) in [5, 5.41) is 16.7. The molecule has 0 aliphatic heterocycles. The molecule has 0 saturated heterocycles. The molecule has 0 bridgehead atoms. The van der Waals surface area contributed by atoms with Crippen molar-refractivity contribution in [3.63, 3.8) is 0 Å². The van der Waals surface area contributed by atoms with E-state index in [9.17, 15) is 0 Å². The van der Waals surface area contributed by atoms with Crippen molar-refractivity contribution >= 4 is 33.6 Å². The van der Waals surface area contributed by atoms with Crippen LogP contribution in [-0.4, -0.2) is 21.3 Å². The van der Waals surface area contributed by atoms with Gasteiger partial charge in [-0.15, -0.1) is 11.3 Å². The number of fused-ring (bicyclic) bond motifs is 3. The van der Waals surface area contributed by atoms with Gasteiger partial charge in [0, 0.05) is 11.1 Å². The third kappa shape index (κ3) is 3.32. The number of nitrogens with two attached hydrogens (primary N) is 1. The average Bonchev–Trinajstić information content (AvgIpc) is 2.96. The van der Waals surface area contributed by atoms with Gasteiger partial charge in [-0.2, -0.15) is 0 Å². The molecule has 0 spiro atoms. The fraction of sp³-hybridized carbons (Fsp3) is 0.235. The van der Waals surface area contributed by atoms with Crippen molar-refractivity contribution in [2.75, 3.05) is 5.73 Å². The number of aromatic nitrogens is 2. The van der Waals surface area contributed by atoms with Gasteiger partial charge in [0.1, 0.15) is 22.7 Å². The molecule has 0 saturated carbocycles. The molecule has 0 unspecified atom stereocenters. The number of hydrogen-bond acceptors (Lipinski definition) is 6. The summed E-state index contributed by atoms with van der Waals surface area (Å²) in [6, 6.07) is 6.48. The van der Waals surface area contributed by atoms with E-state index in [1.54, 1.807) is 41.9 Å². The van der Waals surface area contributed by atoms with Crippen molar-refractivity contribution in [3.05, 3.63) is 46.6 Å². The number of aryl methyl sites for hydroxylation is 2. The lowest BCUT2D eigenvalue weighted by Gasteiger charge is -2.10. The van der Waals surface area contributed by atoms with Gasteiger partial charge < -0.3 is 16.2 Å². The Morgan fingerprint density at radius 1 is 1.13 bits per heavy atom. The second kappa shape index (κ2) is 6.75. The molecule has 1 aliphatic carbocycles. The van der Waals surface area contributed by atoms with Gasteiger partial charge in [-0.3, -0.25) is 0 Å². The van der Waals surface area contributed by atoms with E-state index in [1.165, 1.54) is 35.9 Å². The second-order valence-electron chi connectivity index (χ2n) is 5.39. The molecular formula is C17H18N4OS. The monoisotopic (exact) mass is 326 g/mol. The van der Waals surface area contributed by atoms with E-state index in [2.05, 4.69) is 9.97 Å². The molecule has 0 amide bonds. The molecule has 2 heterocycles. The Kier molecular flexibility index (Phi) is 4.52. The SMILES string of the molecule is N=Cc1ccc(O)cc1.Nc1ncnc2sc3c(c12)CCCC3. The number of nitrogens with one attached hydrogen (secondary N) is 1. The van der Waals surface area contributed by atoms with Gasteiger partial charge in [-0.05, 0) is 61.1 Å². The minimum atomic E-state index is 0.237. The molecule has 118 valence electrons. The zero-order valence-corrected chi connectivity index (χ0v) is 13.4. The van der Waals surface area contributed by atoms with Crippen LogP contribution >= 0.6 is 11.3 Å². The number of phenols is 1. The molecule has 0 atom stereocenters. The molecular weight excluding hydrogens is 308 g/mol. The van der Waals surface area contributed by atoms with E-state index in [0.717, 1.165) is 22.2 Å². The van der Waals surface area contributed by atoms with E-state index in [1.807, 2.05) is 0 Å². The van der Waals surface area contributed by atoms with Gasteiger partial charge in [-0.25, -0.2) is 9.97 Å². The van der Waals surface area contributed by atoms with Crippen LogP contribution < -0.4 is 5.73 Å². The van der Waals surface area contributed by atoms with Gasteiger partial charge in [0.15, 0.2) is 0 Å². The summed E-state index contributed by atoms with van der Waals surface area (Å²) in [7, 11) is 0. The third-order valence-electron chi connectivity index (χ3n) is 3.84. The highest BCUT2D eigenvalue weighted by Crippen LogP contribution is 2.36. The van der Waals surface area contributed by atoms with Crippen molar-refractivity contribution in [1.82, 2.24) is 9.97 Å². The lowest BCUT2D eigenvalue weighted by Crippen LogP contribution is -2.00. The number of aromatic hydroxyl groups is 1. The number of hydrogen-bond donors (Lipinski definition) is 3. The first-order valence-corrected chi connectivity index (χ1v) is 8.31. The lowest BCUT2D eigenvalue weighted by molar-refractivity contribution is 0.475. The van der Waals surface area contributed by atoms with Crippen LogP contribution in [0.2, 0.25) is 0 Å². The molecule has 6 heteroatoms. The minimum absolute atomic E-state index is 0.237. The van der Waals surface area contributed by atoms with Crippen molar-refractivity contribution in [1.29, 1.82) is 5.41 Å². The molecule has 0 radical (unpaired) electrons. The summed E-state index contributed by atoms with van der Waals surface area (Å²) in [4.78, 5) is 10.9. The topological polar surface area (TPSA) is 95.9 Å². The Morgan fingerprint density at radius 2 is 1.87 bits per heavy atom. The van der Waals surface area contributed by atoms with Gasteiger partial charge in [0.25, 0.3) is 0 Å². The highest BCUT2D eigenvalue weighted by molar-refractivity contribution is 7.18. The van der Waals surface area contributed by atoms with Crippen LogP contribution in [0.4, 0.5) is 5.82 Å². The largest absolute Gasteiger partial charge is 0.508 e. The quantitative estimate of drug-likeness (QED) is 0.596. The Hall–Kier alpha value is -2.47. The van der Waals surface area contributed by atoms with E-state index < -0.39 is 0 Å². The zero-order valence-electron chi connectivity index (χ0n) is 12.6. The van der Waals surface area contributed by atoms with Gasteiger partial charge in [-0.1, -0.05) is 0 Å². The summed E-state index contributed by atoms with van der Waals surface area (Å²) in [5.41, 5.74) is 8.09. The molecule has 2 aromatic heterocycles. The fourth-order valence-corrected chi connectivity index (χ4v) is 3.92. The molecule has 1 aromatic carbocycles. The zero-order chi connectivity index (χ0) is 16.2. The Labute approximate surface area is 138 Å². The summed E-state index contributed by atoms with van der Waals surface area (Å²) in [5.74, 6) is 0.884. The fourth-order valence-electron chi connectivity index (χ4n) is 2.69. The van der Waals surface area contributed by atoms with Gasteiger partial charge in [0.2, 0.25) is 0 Å². The van der Waals surface area contributed by atoms with Crippen molar-refractivity contribution in [3.8, 4) is 5.75 Å². The summed E-state index contributed by atoms with van der Waals surface area (Å²) in [6.07, 6.45) is 7.70. The van der Waals surface area contributed by atoms with Crippen LogP contribution in [0.25, 0.3) is 10.2 Å². The average molecular weight is 326 g/mol. The number of anilines is 1. The number of rotatable bonds is 1. The second-order valence-corrected chi connectivity index (χ2v) is 6.47. The van der Waals surface area contributed by atoms with E-state index in [4.69, 9.17) is 16.2 Å². The van der Waals surface area contributed by atoms with E-state index in [0.29, 0.717) is 5.82 Å². The van der Waals surface area contributed by atoms with Gasteiger partial charge in [0.05, 0.1) is 5.39 Å². The molecule has 4 N–H and O–H groups in total. The minimum Gasteiger partial charge on any atom is -0.508 e. The van der Waals surface area contributed by atoms with Crippen LogP contribution in [-0.2, 0) is 12.8 Å². The summed E-state index contributed by atoms with van der Waals surface area (Å²) in [6.45, 7) is 0. The Bertz CT molecular complexity index is 826. The number of benzene rings is 1. The maximum Gasteiger partial charge on any atom is 0.135 e. The smallest absolute Gasteiger partial charge is 0.135 e. The number of thiophene rings is 1. The van der Waals surface area contributed by atoms with Crippen molar-refractivity contribution in [2.45, 2.75) is 25.7 Å². The predicted molar refractivity (Wildman–Crippen MR) is 94.5 cm³/mol. The predicted octanol–water partition coefficient (Wildman–Crippen LogP) is 3.54. The summed E-state index contributed by atoms with van der Waals surface area (Å²) >= 11 is 1.78. The maximum atomic E-state index is 8.78. The molecule has 5 nitrogen and oxygen atoms in total. The highest BCUT2D eigenvalue weighted by atomic mass is 32.1. The molecule has 1 aliphatic rings. The van der Waals surface area contributed by atoms with Crippen LogP contribution in [0.1, 0.15) is 28.8 Å². The number of phenolic OH excluding ortho intramolecular Hbond substituents is 1.